The van der Waals surface area contributed by atoms with Crippen LogP contribution in [-0.2, 0) is 11.0 Å². The van der Waals surface area contributed by atoms with Gasteiger partial charge in [0.15, 0.2) is 0 Å². The van der Waals surface area contributed by atoms with Crippen LogP contribution in [0.4, 0.5) is 30.6 Å². The topological polar surface area (TPSA) is 161 Å². The predicted octanol–water partition coefficient (Wildman–Crippen LogP) is 3.62. The Bertz CT molecular complexity index is 1440. The number of alkyl halides is 3. The summed E-state index contributed by atoms with van der Waals surface area (Å²) in [5.41, 5.74) is 12.8. The van der Waals surface area contributed by atoms with Gasteiger partial charge in [0.2, 0.25) is 11.9 Å². The lowest BCUT2D eigenvalue weighted by Crippen LogP contribution is -2.38. The number of amides is 1. The summed E-state index contributed by atoms with van der Waals surface area (Å²) in [7, 11) is 0. The van der Waals surface area contributed by atoms with E-state index in [0.29, 0.717) is 40.6 Å². The van der Waals surface area contributed by atoms with Gasteiger partial charge in [0.25, 0.3) is 0 Å². The zero-order chi connectivity index (χ0) is 28.0. The third-order valence-electron chi connectivity index (χ3n) is 5.34. The molecule has 202 valence electrons. The highest BCUT2D eigenvalue weighted by atomic mass is 19.4. The number of carbonyl (C=O) groups excluding carboxylic acids is 1. The van der Waals surface area contributed by atoms with E-state index in [1.165, 1.54) is 6.07 Å². The van der Waals surface area contributed by atoms with Crippen LogP contribution in [-0.4, -0.2) is 38.6 Å². The first kappa shape index (κ1) is 27.3. The molecule has 1 amide bonds. The van der Waals surface area contributed by atoms with Crippen LogP contribution in [0.15, 0.2) is 84.4 Å². The molecule has 0 spiro atoms. The van der Waals surface area contributed by atoms with Crippen LogP contribution in [0.3, 0.4) is 0 Å². The molecule has 4 rings (SSSR count). The fraction of sp³-hybridized carbons (Fsp3) is 0.154. The maximum Gasteiger partial charge on any atom is 0.433 e. The standard InChI is InChI=1S/C26H24F3N7O3/c27-26(28,29)22-12-19(10-11-32-22)39-18-3-1-2-16(8-9-18)33-23-13-21(35-25(31)36-23)15-4-6-17(7-5-15)34-24(38)20(30)14-37/h2-13,20,37H,1,14,30H2,(H,34,38)(H3,31,33,35,36). The fourth-order valence-electron chi connectivity index (χ4n) is 3.41. The molecule has 39 heavy (non-hydrogen) atoms. The number of hydrogen-bond donors (Lipinski definition) is 5. The summed E-state index contributed by atoms with van der Waals surface area (Å²) in [6, 6.07) is 9.62. The van der Waals surface area contributed by atoms with Crippen LogP contribution >= 0.6 is 0 Å². The zero-order valence-electron chi connectivity index (χ0n) is 20.3. The minimum Gasteiger partial charge on any atom is -0.458 e. The average molecular weight is 540 g/mol. The summed E-state index contributed by atoms with van der Waals surface area (Å²) in [5, 5.41) is 14.7. The van der Waals surface area contributed by atoms with E-state index < -0.39 is 30.4 Å². The van der Waals surface area contributed by atoms with Gasteiger partial charge in [-0.05, 0) is 42.8 Å². The molecule has 1 aromatic carbocycles. The first-order valence-corrected chi connectivity index (χ1v) is 11.6. The molecular formula is C26H24F3N7O3. The van der Waals surface area contributed by atoms with E-state index in [2.05, 4.69) is 25.6 Å². The maximum absolute atomic E-state index is 12.9. The number of pyridine rings is 1. The fourth-order valence-corrected chi connectivity index (χ4v) is 3.41. The average Bonchev–Trinajstić information content (AvgIpc) is 3.12. The molecule has 1 aliphatic carbocycles. The van der Waals surface area contributed by atoms with Gasteiger partial charge in [-0.2, -0.15) is 18.2 Å². The lowest BCUT2D eigenvalue weighted by Gasteiger charge is -2.11. The Morgan fingerprint density at radius 3 is 2.59 bits per heavy atom. The maximum atomic E-state index is 12.9. The minimum absolute atomic E-state index is 0.0136. The van der Waals surface area contributed by atoms with E-state index >= 15 is 0 Å². The Kier molecular flexibility index (Phi) is 8.22. The Balaban J connectivity index is 1.43. The number of carbonyl (C=O) groups is 1. The van der Waals surface area contributed by atoms with Gasteiger partial charge in [0.1, 0.15) is 29.1 Å². The number of anilines is 3. The summed E-state index contributed by atoms with van der Waals surface area (Å²) in [5.74, 6) is 0.299. The van der Waals surface area contributed by atoms with Gasteiger partial charge in [0, 0.05) is 35.3 Å². The first-order valence-electron chi connectivity index (χ1n) is 11.6. The van der Waals surface area contributed by atoms with Crippen molar-refractivity contribution in [1.29, 1.82) is 0 Å². The van der Waals surface area contributed by atoms with E-state index in [1.54, 1.807) is 48.6 Å². The number of hydrogen-bond acceptors (Lipinski definition) is 9. The van der Waals surface area contributed by atoms with E-state index in [1.807, 2.05) is 6.08 Å². The van der Waals surface area contributed by atoms with Gasteiger partial charge >= 0.3 is 6.18 Å². The number of halogens is 3. The van der Waals surface area contributed by atoms with Crippen LogP contribution in [0.25, 0.3) is 11.3 Å². The van der Waals surface area contributed by atoms with Crippen LogP contribution < -0.4 is 26.8 Å². The number of allylic oxidation sites excluding steroid dienone is 4. The molecule has 3 aromatic rings. The van der Waals surface area contributed by atoms with Crippen molar-refractivity contribution in [2.45, 2.75) is 18.6 Å². The van der Waals surface area contributed by atoms with Gasteiger partial charge in [-0.3, -0.25) is 9.78 Å². The molecule has 10 nitrogen and oxygen atoms in total. The van der Waals surface area contributed by atoms with Crippen molar-refractivity contribution in [1.82, 2.24) is 15.0 Å². The van der Waals surface area contributed by atoms with Crippen molar-refractivity contribution in [2.75, 3.05) is 23.0 Å². The number of aromatic nitrogens is 3. The second-order valence-corrected chi connectivity index (χ2v) is 8.29. The normalized spacial score (nSPS) is 14.1. The van der Waals surface area contributed by atoms with Crippen LogP contribution in [0.1, 0.15) is 12.1 Å². The molecule has 0 radical (unpaired) electrons. The van der Waals surface area contributed by atoms with Gasteiger partial charge in [-0.25, -0.2) is 4.98 Å². The molecule has 2 heterocycles. The van der Waals surface area contributed by atoms with Crippen molar-refractivity contribution in [3.05, 3.63) is 90.1 Å². The number of benzene rings is 1. The Labute approximate surface area is 220 Å². The quantitative estimate of drug-likeness (QED) is 0.288. The lowest BCUT2D eigenvalue weighted by atomic mass is 10.1. The van der Waals surface area contributed by atoms with E-state index in [-0.39, 0.29) is 11.7 Å². The molecule has 13 heteroatoms. The van der Waals surface area contributed by atoms with Crippen LogP contribution in [0.2, 0.25) is 0 Å². The highest BCUT2D eigenvalue weighted by molar-refractivity contribution is 5.94. The second kappa shape index (κ2) is 11.8. The predicted molar refractivity (Wildman–Crippen MR) is 139 cm³/mol. The molecule has 1 aliphatic rings. The molecule has 1 atom stereocenters. The molecule has 0 bridgehead atoms. The molecule has 2 aromatic heterocycles. The van der Waals surface area contributed by atoms with Gasteiger partial charge in [-0.1, -0.05) is 18.2 Å². The lowest BCUT2D eigenvalue weighted by molar-refractivity contribution is -0.141. The number of aliphatic hydroxyl groups is 1. The zero-order valence-corrected chi connectivity index (χ0v) is 20.3. The molecular weight excluding hydrogens is 515 g/mol. The van der Waals surface area contributed by atoms with Crippen molar-refractivity contribution in [3.8, 4) is 17.0 Å². The summed E-state index contributed by atoms with van der Waals surface area (Å²) < 4.78 is 44.4. The van der Waals surface area contributed by atoms with Crippen molar-refractivity contribution in [2.24, 2.45) is 5.73 Å². The largest absolute Gasteiger partial charge is 0.458 e. The van der Waals surface area contributed by atoms with Crippen LogP contribution in [0.5, 0.6) is 5.75 Å². The third kappa shape index (κ3) is 7.40. The van der Waals surface area contributed by atoms with E-state index in [4.69, 9.17) is 21.3 Å². The van der Waals surface area contributed by atoms with Crippen molar-refractivity contribution in [3.63, 3.8) is 0 Å². The molecule has 0 saturated heterocycles. The number of nitrogens with two attached hydrogens (primary N) is 2. The molecule has 1 unspecified atom stereocenters. The number of aliphatic hydroxyl groups excluding tert-OH is 1. The summed E-state index contributed by atoms with van der Waals surface area (Å²) >= 11 is 0. The van der Waals surface area contributed by atoms with Gasteiger partial charge in [0.05, 0.1) is 12.3 Å². The second-order valence-electron chi connectivity index (χ2n) is 8.29. The molecule has 0 aliphatic heterocycles. The smallest absolute Gasteiger partial charge is 0.433 e. The molecule has 7 N–H and O–H groups in total. The summed E-state index contributed by atoms with van der Waals surface area (Å²) in [6.07, 6.45) is 3.76. The number of ether oxygens (including phenoxy) is 1. The van der Waals surface area contributed by atoms with Gasteiger partial charge < -0.3 is 31.9 Å². The SMILES string of the molecule is Nc1nc(NC2=CCC=C(Oc3ccnc(C(F)(F)F)c3)C=C2)cc(-c2ccc(NC(=O)C(N)CO)cc2)n1. The van der Waals surface area contributed by atoms with Crippen molar-refractivity contribution >= 4 is 23.4 Å². The molecule has 0 saturated carbocycles. The number of rotatable bonds is 8. The Morgan fingerprint density at radius 2 is 1.87 bits per heavy atom. The highest BCUT2D eigenvalue weighted by Crippen LogP contribution is 2.30. The van der Waals surface area contributed by atoms with E-state index in [0.717, 1.165) is 12.3 Å². The summed E-state index contributed by atoms with van der Waals surface area (Å²) in [6.45, 7) is -0.469. The Morgan fingerprint density at radius 1 is 1.10 bits per heavy atom. The van der Waals surface area contributed by atoms with Crippen LogP contribution in [0, 0.1) is 0 Å². The first-order chi connectivity index (χ1) is 18.6. The third-order valence-corrected chi connectivity index (χ3v) is 5.34. The minimum atomic E-state index is -4.57. The number of nitrogens with zero attached hydrogens (tertiary/aromatic N) is 3. The monoisotopic (exact) mass is 539 g/mol. The molecule has 0 fully saturated rings. The van der Waals surface area contributed by atoms with Crippen molar-refractivity contribution < 1.29 is 27.8 Å². The number of nitrogens with one attached hydrogen (secondary N) is 2. The van der Waals surface area contributed by atoms with E-state index in [9.17, 15) is 18.0 Å². The van der Waals surface area contributed by atoms with Gasteiger partial charge in [-0.15, -0.1) is 0 Å². The number of nitrogen functional groups attached to an aromatic ring is 1. The highest BCUT2D eigenvalue weighted by Gasteiger charge is 2.32. The summed E-state index contributed by atoms with van der Waals surface area (Å²) in [4.78, 5) is 23.7. The Hall–Kier alpha value is -4.75.